The van der Waals surface area contributed by atoms with Crippen LogP contribution in [-0.4, -0.2) is 60.7 Å². The van der Waals surface area contributed by atoms with Gasteiger partial charge in [0.1, 0.15) is 6.10 Å². The van der Waals surface area contributed by atoms with Gasteiger partial charge >= 0.3 is 0 Å². The van der Waals surface area contributed by atoms with E-state index in [0.29, 0.717) is 30.1 Å². The van der Waals surface area contributed by atoms with E-state index in [1.54, 1.807) is 23.1 Å². The van der Waals surface area contributed by atoms with Crippen LogP contribution in [0.1, 0.15) is 37.0 Å². The molecular formula is C20H29N3O4. The standard InChI is InChI=1S/C20H29N3O4/c1-12-10-23(13(2)11-24)20(26)15-5-4-6-16(22-19(25)14-7-8-14)18(15)27-17(12)9-21-3/h4-6,12-14,17,21,24H,7-11H2,1-3H3,(H,22,25)/t12-,13+,17+/m1/s1. The van der Waals surface area contributed by atoms with Crippen molar-refractivity contribution < 1.29 is 19.4 Å². The third-order valence-corrected chi connectivity index (χ3v) is 5.30. The number of carbonyl (C=O) groups excluding carboxylic acids is 2. The van der Waals surface area contributed by atoms with Crippen LogP contribution in [0.3, 0.4) is 0 Å². The average molecular weight is 375 g/mol. The predicted molar refractivity (Wildman–Crippen MR) is 103 cm³/mol. The van der Waals surface area contributed by atoms with E-state index in [0.717, 1.165) is 12.8 Å². The minimum atomic E-state index is -0.300. The van der Waals surface area contributed by atoms with Crippen molar-refractivity contribution in [3.8, 4) is 5.75 Å². The summed E-state index contributed by atoms with van der Waals surface area (Å²) in [6.07, 6.45) is 1.64. The summed E-state index contributed by atoms with van der Waals surface area (Å²) < 4.78 is 6.27. The zero-order valence-corrected chi connectivity index (χ0v) is 16.2. The number of aliphatic hydroxyl groups excluding tert-OH is 1. The first kappa shape index (κ1) is 19.6. The Kier molecular flexibility index (Phi) is 6.01. The number of ether oxygens (including phenoxy) is 1. The van der Waals surface area contributed by atoms with Crippen molar-refractivity contribution >= 4 is 17.5 Å². The second-order valence-electron chi connectivity index (χ2n) is 7.63. The Morgan fingerprint density at radius 2 is 2.15 bits per heavy atom. The van der Waals surface area contributed by atoms with Gasteiger partial charge in [0.25, 0.3) is 5.91 Å². The molecule has 0 unspecified atom stereocenters. The maximum atomic E-state index is 13.2. The van der Waals surface area contributed by atoms with Gasteiger partial charge in [0.15, 0.2) is 5.75 Å². The van der Waals surface area contributed by atoms with Gasteiger partial charge in [-0.05, 0) is 38.9 Å². The van der Waals surface area contributed by atoms with E-state index in [-0.39, 0.29) is 42.4 Å². The number of likely N-dealkylation sites (N-methyl/N-ethyl adjacent to an activating group) is 1. The van der Waals surface area contributed by atoms with Crippen molar-refractivity contribution in [1.82, 2.24) is 10.2 Å². The fourth-order valence-corrected chi connectivity index (χ4v) is 3.37. The number of carbonyl (C=O) groups is 2. The quantitative estimate of drug-likeness (QED) is 0.701. The predicted octanol–water partition coefficient (Wildman–Crippen LogP) is 1.47. The van der Waals surface area contributed by atoms with E-state index >= 15 is 0 Å². The molecule has 1 heterocycles. The lowest BCUT2D eigenvalue weighted by Crippen LogP contribution is -2.49. The van der Waals surface area contributed by atoms with Crippen LogP contribution in [0.15, 0.2) is 18.2 Å². The summed E-state index contributed by atoms with van der Waals surface area (Å²) in [5.74, 6) is 0.307. The Morgan fingerprint density at radius 3 is 2.78 bits per heavy atom. The summed E-state index contributed by atoms with van der Waals surface area (Å²) in [5, 5.41) is 15.7. The Morgan fingerprint density at radius 1 is 1.41 bits per heavy atom. The van der Waals surface area contributed by atoms with Crippen LogP contribution in [0, 0.1) is 11.8 Å². The average Bonchev–Trinajstić information content (AvgIpc) is 3.50. The van der Waals surface area contributed by atoms with Gasteiger partial charge in [0.2, 0.25) is 5.91 Å². The Bertz CT molecular complexity index is 704. The van der Waals surface area contributed by atoms with Gasteiger partial charge in [0, 0.05) is 24.9 Å². The lowest BCUT2D eigenvalue weighted by Gasteiger charge is -2.37. The molecule has 3 N–H and O–H groups in total. The summed E-state index contributed by atoms with van der Waals surface area (Å²) in [7, 11) is 1.86. The smallest absolute Gasteiger partial charge is 0.258 e. The largest absolute Gasteiger partial charge is 0.486 e. The van der Waals surface area contributed by atoms with Crippen molar-refractivity contribution in [1.29, 1.82) is 0 Å². The van der Waals surface area contributed by atoms with Crippen LogP contribution >= 0.6 is 0 Å². The lowest BCUT2D eigenvalue weighted by molar-refractivity contribution is -0.117. The number of para-hydroxylation sites is 1. The molecule has 3 rings (SSSR count). The van der Waals surface area contributed by atoms with Gasteiger partial charge in [0.05, 0.1) is 23.9 Å². The van der Waals surface area contributed by atoms with E-state index in [4.69, 9.17) is 4.74 Å². The highest BCUT2D eigenvalue weighted by atomic mass is 16.5. The fraction of sp³-hybridized carbons (Fsp3) is 0.600. The molecular weight excluding hydrogens is 346 g/mol. The number of hydrogen-bond acceptors (Lipinski definition) is 5. The first-order valence-electron chi connectivity index (χ1n) is 9.63. The van der Waals surface area contributed by atoms with Crippen molar-refractivity contribution in [2.45, 2.75) is 38.8 Å². The van der Waals surface area contributed by atoms with E-state index in [2.05, 4.69) is 10.6 Å². The molecule has 1 aliphatic carbocycles. The van der Waals surface area contributed by atoms with Crippen molar-refractivity contribution in [2.24, 2.45) is 11.8 Å². The molecule has 0 saturated heterocycles. The monoisotopic (exact) mass is 375 g/mol. The molecule has 148 valence electrons. The minimum Gasteiger partial charge on any atom is -0.486 e. The molecule has 1 fully saturated rings. The number of nitrogens with zero attached hydrogens (tertiary/aromatic N) is 1. The maximum absolute atomic E-state index is 13.2. The third-order valence-electron chi connectivity index (χ3n) is 5.30. The van der Waals surface area contributed by atoms with E-state index < -0.39 is 0 Å². The molecule has 7 nitrogen and oxygen atoms in total. The fourth-order valence-electron chi connectivity index (χ4n) is 3.37. The second-order valence-corrected chi connectivity index (χ2v) is 7.63. The topological polar surface area (TPSA) is 90.9 Å². The van der Waals surface area contributed by atoms with Crippen LogP contribution < -0.4 is 15.4 Å². The van der Waals surface area contributed by atoms with Gasteiger partial charge in [-0.1, -0.05) is 13.0 Å². The summed E-state index contributed by atoms with van der Waals surface area (Å²) in [6, 6.07) is 4.94. The highest BCUT2D eigenvalue weighted by Crippen LogP contribution is 2.36. The van der Waals surface area contributed by atoms with Gasteiger partial charge in [-0.3, -0.25) is 9.59 Å². The lowest BCUT2D eigenvalue weighted by atomic mass is 9.99. The number of aliphatic hydroxyl groups is 1. The van der Waals surface area contributed by atoms with Crippen molar-refractivity contribution in [3.05, 3.63) is 23.8 Å². The minimum absolute atomic E-state index is 0.0275. The molecule has 0 radical (unpaired) electrons. The van der Waals surface area contributed by atoms with Gasteiger partial charge < -0.3 is 25.4 Å². The van der Waals surface area contributed by atoms with Crippen LogP contribution in [0.4, 0.5) is 5.69 Å². The SMILES string of the molecule is CNC[C@@H]1Oc2c(NC(=O)C3CC3)cccc2C(=O)N([C@@H](C)CO)C[C@H]1C. The zero-order valence-electron chi connectivity index (χ0n) is 16.2. The number of anilines is 1. The summed E-state index contributed by atoms with van der Waals surface area (Å²) in [4.78, 5) is 27.2. The number of amides is 2. The molecule has 2 aliphatic rings. The van der Waals surface area contributed by atoms with Gasteiger partial charge in [-0.2, -0.15) is 0 Å². The number of benzene rings is 1. The first-order chi connectivity index (χ1) is 13.0. The molecule has 1 saturated carbocycles. The van der Waals surface area contributed by atoms with Crippen LogP contribution in [0.2, 0.25) is 0 Å². The molecule has 3 atom stereocenters. The molecule has 1 aliphatic heterocycles. The normalized spacial score (nSPS) is 23.7. The van der Waals surface area contributed by atoms with E-state index in [1.165, 1.54) is 0 Å². The molecule has 0 aromatic heterocycles. The Labute approximate surface area is 160 Å². The molecule has 0 spiro atoms. The maximum Gasteiger partial charge on any atom is 0.258 e. The highest BCUT2D eigenvalue weighted by Gasteiger charge is 2.35. The van der Waals surface area contributed by atoms with Crippen LogP contribution in [0.25, 0.3) is 0 Å². The highest BCUT2D eigenvalue weighted by molar-refractivity contribution is 6.02. The second kappa shape index (κ2) is 8.27. The Balaban J connectivity index is 2.01. The molecule has 2 amide bonds. The molecule has 7 heteroatoms. The molecule has 1 aromatic rings. The number of hydrogen-bond donors (Lipinski definition) is 3. The summed E-state index contributed by atoms with van der Waals surface area (Å²) in [6.45, 7) is 4.86. The molecule has 0 bridgehead atoms. The third kappa shape index (κ3) is 4.25. The summed E-state index contributed by atoms with van der Waals surface area (Å²) >= 11 is 0. The van der Waals surface area contributed by atoms with Crippen molar-refractivity contribution in [2.75, 3.05) is 32.1 Å². The Hall–Kier alpha value is -2.12. The van der Waals surface area contributed by atoms with Gasteiger partial charge in [-0.15, -0.1) is 0 Å². The van der Waals surface area contributed by atoms with Crippen molar-refractivity contribution in [3.63, 3.8) is 0 Å². The summed E-state index contributed by atoms with van der Waals surface area (Å²) in [5.41, 5.74) is 0.946. The van der Waals surface area contributed by atoms with Crippen LogP contribution in [-0.2, 0) is 4.79 Å². The molecule has 1 aromatic carbocycles. The van der Waals surface area contributed by atoms with E-state index in [1.807, 2.05) is 20.9 Å². The zero-order chi connectivity index (χ0) is 19.6. The first-order valence-corrected chi connectivity index (χ1v) is 9.63. The van der Waals surface area contributed by atoms with Crippen LogP contribution in [0.5, 0.6) is 5.75 Å². The van der Waals surface area contributed by atoms with Gasteiger partial charge in [-0.25, -0.2) is 0 Å². The molecule has 27 heavy (non-hydrogen) atoms. The number of rotatable bonds is 6. The number of fused-ring (bicyclic) bond motifs is 1. The number of nitrogens with one attached hydrogen (secondary N) is 2. The van der Waals surface area contributed by atoms with E-state index in [9.17, 15) is 14.7 Å².